The monoisotopic (exact) mass is 306 g/mol. The van der Waals surface area contributed by atoms with E-state index >= 15 is 0 Å². The summed E-state index contributed by atoms with van der Waals surface area (Å²) in [6, 6.07) is 4.74. The molecule has 0 bridgehead atoms. The van der Waals surface area contributed by atoms with Crippen LogP contribution >= 0.6 is 0 Å². The third-order valence-electron chi connectivity index (χ3n) is 3.07. The first-order valence-corrected chi connectivity index (χ1v) is 7.20. The van der Waals surface area contributed by atoms with Crippen LogP contribution in [0.3, 0.4) is 0 Å². The number of hydrogen-bond acceptors (Lipinski definition) is 3. The van der Waals surface area contributed by atoms with Crippen molar-refractivity contribution in [3.8, 4) is 0 Å². The van der Waals surface area contributed by atoms with Crippen molar-refractivity contribution in [2.45, 2.75) is 33.6 Å². The Morgan fingerprint density at radius 3 is 2.45 bits per heavy atom. The Labute approximate surface area is 129 Å². The molecule has 120 valence electrons. The molecule has 0 radical (unpaired) electrons. The first kappa shape index (κ1) is 17.7. The quantitative estimate of drug-likeness (QED) is 0.719. The van der Waals surface area contributed by atoms with E-state index in [9.17, 15) is 14.4 Å². The van der Waals surface area contributed by atoms with Gasteiger partial charge in [-0.1, -0.05) is 25.5 Å². The predicted octanol–water partition coefficient (Wildman–Crippen LogP) is 2.18. The lowest BCUT2D eigenvalue weighted by Crippen LogP contribution is -2.33. The fourth-order valence-electron chi connectivity index (χ4n) is 1.83. The minimum absolute atomic E-state index is 0.0273. The fraction of sp³-hybridized carbons (Fsp3) is 0.438. The van der Waals surface area contributed by atoms with E-state index < -0.39 is 11.9 Å². The highest BCUT2D eigenvalue weighted by atomic mass is 16.4. The number of carboxylic acid groups (broad SMARTS) is 1. The number of amides is 2. The molecule has 0 aliphatic heterocycles. The number of rotatable bonds is 7. The summed E-state index contributed by atoms with van der Waals surface area (Å²) in [5.41, 5.74) is 1.04. The number of carbonyl (C=O) groups is 3. The topological polar surface area (TPSA) is 95.5 Å². The molecule has 0 aliphatic rings. The zero-order valence-corrected chi connectivity index (χ0v) is 13.1. The van der Waals surface area contributed by atoms with Crippen LogP contribution in [-0.2, 0) is 9.59 Å². The molecule has 0 unspecified atom stereocenters. The number of benzene rings is 1. The van der Waals surface area contributed by atoms with E-state index in [1.165, 1.54) is 12.1 Å². The lowest BCUT2D eigenvalue weighted by atomic mass is 10.1. The van der Waals surface area contributed by atoms with E-state index in [1.807, 2.05) is 13.8 Å². The summed E-state index contributed by atoms with van der Waals surface area (Å²) in [5, 5.41) is 14.1. The van der Waals surface area contributed by atoms with Gasteiger partial charge in [-0.25, -0.2) is 4.79 Å². The van der Waals surface area contributed by atoms with Crippen molar-refractivity contribution in [1.29, 1.82) is 0 Å². The van der Waals surface area contributed by atoms with Gasteiger partial charge in [0.15, 0.2) is 0 Å². The first-order chi connectivity index (χ1) is 10.3. The average molecular weight is 306 g/mol. The lowest BCUT2D eigenvalue weighted by Gasteiger charge is -2.10. The van der Waals surface area contributed by atoms with Gasteiger partial charge in [0.2, 0.25) is 11.8 Å². The van der Waals surface area contributed by atoms with Crippen LogP contribution in [0.2, 0.25) is 0 Å². The van der Waals surface area contributed by atoms with Crippen molar-refractivity contribution in [1.82, 2.24) is 5.32 Å². The third-order valence-corrected chi connectivity index (χ3v) is 3.07. The standard InChI is InChI=1S/C16H22N2O4/c1-10(2)4-7-14(19)17-9-15(20)18-13-6-5-11(3)8-12(13)16(21)22/h5-6,8,10H,4,7,9H2,1-3H3,(H,17,19)(H,18,20)(H,21,22). The predicted molar refractivity (Wildman–Crippen MR) is 83.8 cm³/mol. The molecule has 0 saturated carbocycles. The van der Waals surface area contributed by atoms with E-state index in [-0.39, 0.29) is 23.7 Å². The molecular weight excluding hydrogens is 284 g/mol. The Kier molecular flexibility index (Phi) is 6.56. The van der Waals surface area contributed by atoms with Crippen LogP contribution in [0.5, 0.6) is 0 Å². The van der Waals surface area contributed by atoms with Gasteiger partial charge in [-0.3, -0.25) is 9.59 Å². The van der Waals surface area contributed by atoms with Gasteiger partial charge >= 0.3 is 5.97 Å². The van der Waals surface area contributed by atoms with Gasteiger partial charge in [0.05, 0.1) is 17.8 Å². The maximum Gasteiger partial charge on any atom is 0.337 e. The Balaban J connectivity index is 2.55. The summed E-state index contributed by atoms with van der Waals surface area (Å²) in [4.78, 5) is 34.5. The largest absolute Gasteiger partial charge is 0.478 e. The van der Waals surface area contributed by atoms with Gasteiger partial charge in [-0.05, 0) is 31.4 Å². The summed E-state index contributed by atoms with van der Waals surface area (Å²) >= 11 is 0. The van der Waals surface area contributed by atoms with Gasteiger partial charge in [-0.2, -0.15) is 0 Å². The molecule has 1 rings (SSSR count). The highest BCUT2D eigenvalue weighted by Crippen LogP contribution is 2.17. The molecule has 0 heterocycles. The Morgan fingerprint density at radius 1 is 1.18 bits per heavy atom. The highest BCUT2D eigenvalue weighted by Gasteiger charge is 2.13. The van der Waals surface area contributed by atoms with Crippen molar-refractivity contribution in [3.05, 3.63) is 29.3 Å². The van der Waals surface area contributed by atoms with Crippen molar-refractivity contribution < 1.29 is 19.5 Å². The fourth-order valence-corrected chi connectivity index (χ4v) is 1.83. The van der Waals surface area contributed by atoms with Crippen LogP contribution in [0.4, 0.5) is 5.69 Å². The third kappa shape index (κ3) is 5.95. The molecule has 0 spiro atoms. The molecule has 1 aromatic rings. The van der Waals surface area contributed by atoms with Gasteiger partial charge in [0, 0.05) is 6.42 Å². The molecule has 6 heteroatoms. The number of carbonyl (C=O) groups excluding carboxylic acids is 2. The number of hydrogen-bond donors (Lipinski definition) is 3. The van der Waals surface area contributed by atoms with Crippen molar-refractivity contribution in [2.75, 3.05) is 11.9 Å². The van der Waals surface area contributed by atoms with Gasteiger partial charge < -0.3 is 15.7 Å². The lowest BCUT2D eigenvalue weighted by molar-refractivity contribution is -0.124. The van der Waals surface area contributed by atoms with Crippen molar-refractivity contribution in [2.24, 2.45) is 5.92 Å². The zero-order chi connectivity index (χ0) is 16.7. The minimum Gasteiger partial charge on any atom is -0.478 e. The minimum atomic E-state index is -1.11. The van der Waals surface area contributed by atoms with Crippen LogP contribution in [0.1, 0.15) is 42.6 Å². The number of nitrogens with one attached hydrogen (secondary N) is 2. The SMILES string of the molecule is Cc1ccc(NC(=O)CNC(=O)CCC(C)C)c(C(=O)O)c1. The summed E-state index contributed by atoms with van der Waals surface area (Å²) in [7, 11) is 0. The van der Waals surface area contributed by atoms with Gasteiger partial charge in [0.1, 0.15) is 0 Å². The van der Waals surface area contributed by atoms with E-state index in [2.05, 4.69) is 10.6 Å². The number of aryl methyl sites for hydroxylation is 1. The maximum atomic E-state index is 11.8. The molecule has 0 saturated heterocycles. The Bertz CT molecular complexity index is 567. The molecule has 2 amide bonds. The second-order valence-corrected chi connectivity index (χ2v) is 5.61. The highest BCUT2D eigenvalue weighted by molar-refractivity contribution is 6.01. The van der Waals surface area contributed by atoms with Crippen LogP contribution in [0, 0.1) is 12.8 Å². The number of aromatic carboxylic acids is 1. The molecule has 22 heavy (non-hydrogen) atoms. The van der Waals surface area contributed by atoms with E-state index in [0.29, 0.717) is 12.3 Å². The molecule has 0 fully saturated rings. The summed E-state index contributed by atoms with van der Waals surface area (Å²) < 4.78 is 0. The Hall–Kier alpha value is -2.37. The first-order valence-electron chi connectivity index (χ1n) is 7.20. The van der Waals surface area contributed by atoms with Crippen LogP contribution in [-0.4, -0.2) is 29.4 Å². The number of anilines is 1. The van der Waals surface area contributed by atoms with E-state index in [4.69, 9.17) is 5.11 Å². The van der Waals surface area contributed by atoms with Crippen LogP contribution in [0.25, 0.3) is 0 Å². The summed E-state index contributed by atoms with van der Waals surface area (Å²) in [5.74, 6) is -1.33. The zero-order valence-electron chi connectivity index (χ0n) is 13.1. The Morgan fingerprint density at radius 2 is 1.86 bits per heavy atom. The van der Waals surface area contributed by atoms with E-state index in [0.717, 1.165) is 12.0 Å². The smallest absolute Gasteiger partial charge is 0.337 e. The van der Waals surface area contributed by atoms with E-state index in [1.54, 1.807) is 13.0 Å². The molecule has 0 aromatic heterocycles. The number of carboxylic acids is 1. The van der Waals surface area contributed by atoms with Crippen molar-refractivity contribution in [3.63, 3.8) is 0 Å². The molecule has 0 aliphatic carbocycles. The maximum absolute atomic E-state index is 11.8. The van der Waals surface area contributed by atoms with Gasteiger partial charge in [-0.15, -0.1) is 0 Å². The van der Waals surface area contributed by atoms with Crippen molar-refractivity contribution >= 4 is 23.5 Å². The normalized spacial score (nSPS) is 10.4. The van der Waals surface area contributed by atoms with Crippen LogP contribution in [0.15, 0.2) is 18.2 Å². The van der Waals surface area contributed by atoms with Gasteiger partial charge in [0.25, 0.3) is 0 Å². The molecule has 1 aromatic carbocycles. The molecular formula is C16H22N2O4. The molecule has 6 nitrogen and oxygen atoms in total. The molecule has 0 atom stereocenters. The second-order valence-electron chi connectivity index (χ2n) is 5.61. The van der Waals surface area contributed by atoms with Crippen LogP contribution < -0.4 is 10.6 Å². The molecule has 3 N–H and O–H groups in total. The second kappa shape index (κ2) is 8.17. The average Bonchev–Trinajstić information content (AvgIpc) is 2.44. The summed E-state index contributed by atoms with van der Waals surface area (Å²) in [6.07, 6.45) is 1.13. The summed E-state index contributed by atoms with van der Waals surface area (Å²) in [6.45, 7) is 5.63.